The molecule has 4 aromatic carbocycles. The van der Waals surface area contributed by atoms with Gasteiger partial charge in [0.25, 0.3) is 5.91 Å². The standard InChI is InChI=1S/C39H39F3N4O3/c1-27-8-6-9-28(22-27)24-46-25-29-14-15-30(23-31(29)36(46)47)45-20-18-44(19-21-45)17-7-16-38(37(48)43-26-39(40,41)42)32-10-2-4-12-34(32)49-35-13-5-3-11-33(35)38/h2-6,8-15,22-23H,7,16-21,24-26H2,1H3,(H,43,48). The van der Waals surface area contributed by atoms with Gasteiger partial charge >= 0.3 is 6.18 Å². The van der Waals surface area contributed by atoms with Crippen LogP contribution in [-0.4, -0.2) is 67.1 Å². The minimum atomic E-state index is -4.53. The molecule has 2 amide bonds. The molecule has 0 saturated carbocycles. The van der Waals surface area contributed by atoms with E-state index in [2.05, 4.69) is 52.4 Å². The number of nitrogens with one attached hydrogen (secondary N) is 1. The molecule has 1 saturated heterocycles. The quantitative estimate of drug-likeness (QED) is 0.212. The fraction of sp³-hybridized carbons (Fsp3) is 0.333. The summed E-state index contributed by atoms with van der Waals surface area (Å²) in [6, 6.07) is 28.7. The molecule has 0 atom stereocenters. The number of anilines is 1. The Balaban J connectivity index is 1.01. The zero-order valence-electron chi connectivity index (χ0n) is 27.4. The number of alkyl halides is 3. The van der Waals surface area contributed by atoms with Crippen molar-refractivity contribution in [3.8, 4) is 11.5 Å². The van der Waals surface area contributed by atoms with Gasteiger partial charge in [-0.25, -0.2) is 0 Å². The maximum absolute atomic E-state index is 13.9. The van der Waals surface area contributed by atoms with Crippen molar-refractivity contribution < 1.29 is 27.5 Å². The number of rotatable bonds is 9. The molecule has 0 radical (unpaired) electrons. The van der Waals surface area contributed by atoms with E-state index in [-0.39, 0.29) is 5.91 Å². The van der Waals surface area contributed by atoms with Crippen LogP contribution < -0.4 is 15.0 Å². The number of hydrogen-bond acceptors (Lipinski definition) is 5. The number of hydrogen-bond donors (Lipinski definition) is 1. The molecule has 49 heavy (non-hydrogen) atoms. The van der Waals surface area contributed by atoms with Gasteiger partial charge in [0, 0.05) is 61.6 Å². The van der Waals surface area contributed by atoms with Crippen LogP contribution in [0.25, 0.3) is 0 Å². The zero-order valence-corrected chi connectivity index (χ0v) is 27.4. The minimum absolute atomic E-state index is 0.0569. The Morgan fingerprint density at radius 1 is 0.878 bits per heavy atom. The number of amides is 2. The minimum Gasteiger partial charge on any atom is -0.457 e. The molecule has 0 aliphatic carbocycles. The van der Waals surface area contributed by atoms with Crippen LogP contribution in [-0.2, 0) is 23.3 Å². The zero-order chi connectivity index (χ0) is 34.2. The van der Waals surface area contributed by atoms with Gasteiger partial charge in [0.05, 0.1) is 0 Å². The normalized spacial score (nSPS) is 16.9. The summed E-state index contributed by atoms with van der Waals surface area (Å²) in [7, 11) is 0. The van der Waals surface area contributed by atoms with Crippen LogP contribution in [0.3, 0.4) is 0 Å². The van der Waals surface area contributed by atoms with Gasteiger partial charge in [0.2, 0.25) is 5.91 Å². The number of piperazine rings is 1. The SMILES string of the molecule is Cc1cccc(CN2Cc3ccc(N4CCN(CCCC5(C(=O)NCC(F)(F)F)c6ccccc6Oc6ccccc65)CC4)cc3C2=O)c1. The third kappa shape index (κ3) is 6.62. The van der Waals surface area contributed by atoms with E-state index < -0.39 is 24.0 Å². The Morgan fingerprint density at radius 2 is 1.57 bits per heavy atom. The van der Waals surface area contributed by atoms with Gasteiger partial charge < -0.3 is 19.9 Å². The Bertz CT molecular complexity index is 1820. The number of fused-ring (bicyclic) bond motifs is 3. The molecular weight excluding hydrogens is 629 g/mol. The maximum atomic E-state index is 13.9. The smallest absolute Gasteiger partial charge is 0.405 e. The highest BCUT2D eigenvalue weighted by molar-refractivity contribution is 5.99. The van der Waals surface area contributed by atoms with Crippen molar-refractivity contribution in [1.82, 2.24) is 15.1 Å². The van der Waals surface area contributed by atoms with Gasteiger partial charge in [0.15, 0.2) is 0 Å². The van der Waals surface area contributed by atoms with Gasteiger partial charge in [-0.15, -0.1) is 0 Å². The van der Waals surface area contributed by atoms with Gasteiger partial charge in [-0.1, -0.05) is 72.3 Å². The van der Waals surface area contributed by atoms with Gasteiger partial charge in [-0.3, -0.25) is 14.5 Å². The molecule has 3 aliphatic heterocycles. The van der Waals surface area contributed by atoms with Crippen molar-refractivity contribution in [1.29, 1.82) is 0 Å². The first-order chi connectivity index (χ1) is 23.6. The van der Waals surface area contributed by atoms with Crippen LogP contribution >= 0.6 is 0 Å². The number of carbonyl (C=O) groups is 2. The molecule has 3 aliphatic rings. The lowest BCUT2D eigenvalue weighted by Gasteiger charge is -2.40. The second-order valence-electron chi connectivity index (χ2n) is 13.2. The van der Waals surface area contributed by atoms with Crippen molar-refractivity contribution in [2.24, 2.45) is 0 Å². The Kier molecular flexibility index (Phi) is 8.83. The first-order valence-corrected chi connectivity index (χ1v) is 16.8. The molecule has 254 valence electrons. The first-order valence-electron chi connectivity index (χ1n) is 16.8. The highest BCUT2D eigenvalue weighted by atomic mass is 19.4. The van der Waals surface area contributed by atoms with E-state index in [1.807, 2.05) is 17.0 Å². The molecule has 4 aromatic rings. The number of halogens is 3. The number of nitrogens with zero attached hydrogens (tertiary/aromatic N) is 3. The summed E-state index contributed by atoms with van der Waals surface area (Å²) in [5.41, 5.74) is 4.94. The summed E-state index contributed by atoms with van der Waals surface area (Å²) >= 11 is 0. The highest BCUT2D eigenvalue weighted by Gasteiger charge is 2.48. The predicted octanol–water partition coefficient (Wildman–Crippen LogP) is 6.82. The average Bonchev–Trinajstić information content (AvgIpc) is 3.40. The number of aryl methyl sites for hydroxylation is 1. The third-order valence-corrected chi connectivity index (χ3v) is 9.94. The Labute approximate surface area is 284 Å². The van der Waals surface area contributed by atoms with Crippen LogP contribution in [0.4, 0.5) is 18.9 Å². The molecule has 3 heterocycles. The number of carbonyl (C=O) groups excluding carboxylic acids is 2. The van der Waals surface area contributed by atoms with Gasteiger partial charge in [-0.05, 0) is 61.7 Å². The topological polar surface area (TPSA) is 65.1 Å². The molecule has 0 spiro atoms. The second-order valence-corrected chi connectivity index (χ2v) is 13.2. The third-order valence-electron chi connectivity index (χ3n) is 9.94. The lowest BCUT2D eigenvalue weighted by molar-refractivity contribution is -0.141. The highest BCUT2D eigenvalue weighted by Crippen LogP contribution is 2.50. The Morgan fingerprint density at radius 3 is 2.24 bits per heavy atom. The lowest BCUT2D eigenvalue weighted by Crippen LogP contribution is -2.50. The van der Waals surface area contributed by atoms with Crippen LogP contribution in [0.1, 0.15) is 51.0 Å². The molecule has 7 rings (SSSR count). The summed E-state index contributed by atoms with van der Waals surface area (Å²) in [6.45, 7) is 5.64. The number of benzene rings is 4. The lowest BCUT2D eigenvalue weighted by atomic mass is 9.68. The van der Waals surface area contributed by atoms with Crippen molar-refractivity contribution in [3.63, 3.8) is 0 Å². The van der Waals surface area contributed by atoms with Gasteiger partial charge in [-0.2, -0.15) is 13.2 Å². The molecule has 0 aromatic heterocycles. The maximum Gasteiger partial charge on any atom is 0.405 e. The van der Waals surface area contributed by atoms with E-state index in [0.717, 1.165) is 48.6 Å². The van der Waals surface area contributed by atoms with Crippen LogP contribution in [0, 0.1) is 6.92 Å². The second kappa shape index (κ2) is 13.2. The fourth-order valence-corrected chi connectivity index (χ4v) is 7.54. The van der Waals surface area contributed by atoms with Gasteiger partial charge in [0.1, 0.15) is 23.5 Å². The van der Waals surface area contributed by atoms with E-state index in [1.165, 1.54) is 5.56 Å². The number of para-hydroxylation sites is 2. The van der Waals surface area contributed by atoms with Crippen molar-refractivity contribution in [2.45, 2.75) is 44.4 Å². The summed E-state index contributed by atoms with van der Waals surface area (Å²) in [6.07, 6.45) is -3.62. The molecule has 1 N–H and O–H groups in total. The summed E-state index contributed by atoms with van der Waals surface area (Å²) in [5.74, 6) is 0.328. The van der Waals surface area contributed by atoms with E-state index in [0.29, 0.717) is 55.1 Å². The van der Waals surface area contributed by atoms with E-state index >= 15 is 0 Å². The van der Waals surface area contributed by atoms with Crippen LogP contribution in [0.5, 0.6) is 11.5 Å². The fourth-order valence-electron chi connectivity index (χ4n) is 7.54. The van der Waals surface area contributed by atoms with Crippen LogP contribution in [0.2, 0.25) is 0 Å². The largest absolute Gasteiger partial charge is 0.457 e. The first kappa shape index (κ1) is 32.7. The Hall–Kier alpha value is -4.83. The van der Waals surface area contributed by atoms with Crippen molar-refractivity contribution in [3.05, 3.63) is 124 Å². The molecule has 0 bridgehead atoms. The van der Waals surface area contributed by atoms with Crippen molar-refractivity contribution in [2.75, 3.05) is 44.2 Å². The van der Waals surface area contributed by atoms with E-state index in [9.17, 15) is 22.8 Å². The summed E-state index contributed by atoms with van der Waals surface area (Å²) < 4.78 is 45.9. The predicted molar refractivity (Wildman–Crippen MR) is 182 cm³/mol. The molecule has 7 nitrogen and oxygen atoms in total. The molecule has 10 heteroatoms. The summed E-state index contributed by atoms with van der Waals surface area (Å²) in [4.78, 5) is 33.8. The van der Waals surface area contributed by atoms with Crippen LogP contribution in [0.15, 0.2) is 91.0 Å². The van der Waals surface area contributed by atoms with E-state index in [1.54, 1.807) is 48.5 Å². The van der Waals surface area contributed by atoms with Crippen molar-refractivity contribution >= 4 is 17.5 Å². The molecule has 1 fully saturated rings. The van der Waals surface area contributed by atoms with E-state index in [4.69, 9.17) is 4.74 Å². The summed E-state index contributed by atoms with van der Waals surface area (Å²) in [5, 5.41) is 2.20. The number of ether oxygens (including phenoxy) is 1. The monoisotopic (exact) mass is 668 g/mol. The average molecular weight is 669 g/mol. The molecule has 0 unspecified atom stereocenters. The molecular formula is C39H39F3N4O3.